The third-order valence-electron chi connectivity index (χ3n) is 6.60. The lowest BCUT2D eigenvalue weighted by Gasteiger charge is -2.32. The Hall–Kier alpha value is -4.74. The second kappa shape index (κ2) is 9.86. The van der Waals surface area contributed by atoms with Crippen molar-refractivity contribution in [1.82, 2.24) is 24.2 Å². The number of hydrogen-bond acceptors (Lipinski definition) is 6. The number of methoxy groups -OCH3 is 1. The first-order valence-corrected chi connectivity index (χ1v) is 11.9. The molecule has 4 aromatic rings. The van der Waals surface area contributed by atoms with Crippen LogP contribution < -0.4 is 14.7 Å². The zero-order chi connectivity index (χ0) is 27.9. The number of halogens is 3. The minimum Gasteiger partial charge on any atom is -0.530 e. The van der Waals surface area contributed by atoms with Gasteiger partial charge in [0.15, 0.2) is 5.69 Å². The highest BCUT2D eigenvalue weighted by Crippen LogP contribution is 2.40. The molecule has 1 aliphatic heterocycles. The van der Waals surface area contributed by atoms with Crippen molar-refractivity contribution in [2.45, 2.75) is 19.1 Å². The molecule has 39 heavy (non-hydrogen) atoms. The Morgan fingerprint density at radius 3 is 2.36 bits per heavy atom. The van der Waals surface area contributed by atoms with E-state index in [-0.39, 0.29) is 25.1 Å². The van der Waals surface area contributed by atoms with Crippen LogP contribution in [0.25, 0.3) is 17.1 Å². The Kier molecular flexibility index (Phi) is 6.54. The normalized spacial score (nSPS) is 13.4. The largest absolute Gasteiger partial charge is 0.530 e. The van der Waals surface area contributed by atoms with E-state index in [1.54, 1.807) is 41.2 Å². The Labute approximate surface area is 222 Å². The number of carboxylic acid groups (broad SMARTS) is 1. The minimum atomic E-state index is -4.61. The lowest BCUT2D eigenvalue weighted by Crippen LogP contribution is -2.38. The van der Waals surface area contributed by atoms with Gasteiger partial charge >= 0.3 is 6.18 Å². The van der Waals surface area contributed by atoms with Gasteiger partial charge in [-0.05, 0) is 55.0 Å². The highest BCUT2D eigenvalue weighted by Gasteiger charge is 2.41. The fourth-order valence-electron chi connectivity index (χ4n) is 4.65. The molecule has 0 saturated carbocycles. The number of carbonyl (C=O) groups is 1. The molecule has 3 heterocycles. The number of anilines is 1. The molecule has 0 unspecified atom stereocenters. The summed E-state index contributed by atoms with van der Waals surface area (Å²) in [6, 6.07) is 13.9. The molecule has 2 aromatic carbocycles. The standard InChI is InChI=1S/C27H25F3N6O3/c1-17-24-22(25(27(28,29)30)32-36(24)20-8-10-21(39-3)11-9-20)12-14-34(17)18-4-6-19(7-5-18)35-15-13-31-23(35)16-33(2)26(37)38/h4-11,13,15H,1,12,14,16H2,2-3H3,(H,37,38)/p-1. The molecular weight excluding hydrogens is 513 g/mol. The number of amides is 1. The van der Waals surface area contributed by atoms with Crippen LogP contribution in [0.4, 0.5) is 23.7 Å². The molecule has 0 atom stereocenters. The van der Waals surface area contributed by atoms with E-state index in [2.05, 4.69) is 16.7 Å². The van der Waals surface area contributed by atoms with E-state index in [0.717, 1.165) is 16.3 Å². The highest BCUT2D eigenvalue weighted by atomic mass is 19.4. The van der Waals surface area contributed by atoms with Crippen molar-refractivity contribution in [2.75, 3.05) is 25.6 Å². The molecule has 5 rings (SSSR count). The molecule has 202 valence electrons. The van der Waals surface area contributed by atoms with Crippen LogP contribution in [0.15, 0.2) is 67.5 Å². The van der Waals surface area contributed by atoms with Crippen LogP contribution in [0.2, 0.25) is 0 Å². The van der Waals surface area contributed by atoms with E-state index < -0.39 is 18.0 Å². The smallest absolute Gasteiger partial charge is 0.435 e. The van der Waals surface area contributed by atoms with Crippen molar-refractivity contribution < 1.29 is 27.8 Å². The molecule has 9 nitrogen and oxygen atoms in total. The van der Waals surface area contributed by atoms with Crippen LogP contribution in [0.1, 0.15) is 22.8 Å². The number of alkyl halides is 3. The van der Waals surface area contributed by atoms with Crippen molar-refractivity contribution >= 4 is 17.5 Å². The van der Waals surface area contributed by atoms with Gasteiger partial charge in [-0.3, -0.25) is 0 Å². The Morgan fingerprint density at radius 1 is 1.10 bits per heavy atom. The van der Waals surface area contributed by atoms with Gasteiger partial charge in [-0.15, -0.1) is 0 Å². The van der Waals surface area contributed by atoms with Gasteiger partial charge in [-0.2, -0.15) is 18.3 Å². The summed E-state index contributed by atoms with van der Waals surface area (Å²) in [4.78, 5) is 18.2. The second-order valence-corrected chi connectivity index (χ2v) is 8.98. The topological polar surface area (TPSA) is 91.5 Å². The number of hydrogen-bond donors (Lipinski definition) is 0. The van der Waals surface area contributed by atoms with Gasteiger partial charge in [0.05, 0.1) is 30.7 Å². The Bertz CT molecular complexity index is 1520. The van der Waals surface area contributed by atoms with Gasteiger partial charge in [0.2, 0.25) is 0 Å². The molecule has 12 heteroatoms. The first-order valence-electron chi connectivity index (χ1n) is 11.9. The minimum absolute atomic E-state index is 0.0414. The summed E-state index contributed by atoms with van der Waals surface area (Å²) >= 11 is 0. The molecule has 0 saturated heterocycles. The van der Waals surface area contributed by atoms with Crippen molar-refractivity contribution in [2.24, 2.45) is 0 Å². The van der Waals surface area contributed by atoms with Crippen LogP contribution in [-0.2, 0) is 19.1 Å². The van der Waals surface area contributed by atoms with E-state index in [1.807, 2.05) is 29.2 Å². The molecule has 2 aromatic heterocycles. The Morgan fingerprint density at radius 2 is 1.74 bits per heavy atom. The SMILES string of the molecule is C=C1c2c(c(C(F)(F)F)nn2-c2ccc(OC)cc2)CCN1c1ccc(-n2ccnc2CN(C)C(=O)[O-])cc1. The first kappa shape index (κ1) is 25.9. The summed E-state index contributed by atoms with van der Waals surface area (Å²) in [5.41, 5.74) is 1.81. The van der Waals surface area contributed by atoms with Crippen molar-refractivity contribution in [3.63, 3.8) is 0 Å². The fraction of sp³-hybridized carbons (Fsp3) is 0.222. The van der Waals surface area contributed by atoms with Crippen molar-refractivity contribution in [1.29, 1.82) is 0 Å². The van der Waals surface area contributed by atoms with Crippen molar-refractivity contribution in [3.8, 4) is 17.1 Å². The number of nitrogens with zero attached hydrogens (tertiary/aromatic N) is 6. The number of ether oxygens (including phenoxy) is 1. The van der Waals surface area contributed by atoms with Gasteiger partial charge in [0.25, 0.3) is 0 Å². The summed E-state index contributed by atoms with van der Waals surface area (Å²) < 4.78 is 50.0. The summed E-state index contributed by atoms with van der Waals surface area (Å²) in [7, 11) is 2.91. The summed E-state index contributed by atoms with van der Waals surface area (Å²) in [6.07, 6.45) is -2.52. The third kappa shape index (κ3) is 4.80. The summed E-state index contributed by atoms with van der Waals surface area (Å²) in [6.45, 7) is 4.48. The molecule has 0 spiro atoms. The fourth-order valence-corrected chi connectivity index (χ4v) is 4.65. The van der Waals surface area contributed by atoms with Crippen LogP contribution >= 0.6 is 0 Å². The second-order valence-electron chi connectivity index (χ2n) is 8.98. The third-order valence-corrected chi connectivity index (χ3v) is 6.60. The van der Waals surface area contributed by atoms with Crippen LogP contribution in [0, 0.1) is 0 Å². The average Bonchev–Trinajstić information content (AvgIpc) is 3.54. The van der Waals surface area contributed by atoms with Crippen molar-refractivity contribution in [3.05, 3.63) is 90.3 Å². The number of carbonyl (C=O) groups excluding carboxylic acids is 1. The van der Waals surface area contributed by atoms with Gasteiger partial charge in [0.1, 0.15) is 17.7 Å². The zero-order valence-corrected chi connectivity index (χ0v) is 21.1. The van der Waals surface area contributed by atoms with E-state index in [9.17, 15) is 23.1 Å². The van der Waals surface area contributed by atoms with E-state index in [1.165, 1.54) is 18.8 Å². The maximum Gasteiger partial charge on any atom is 0.435 e. The molecule has 0 N–H and O–H groups in total. The van der Waals surface area contributed by atoms with Crippen LogP contribution in [-0.4, -0.2) is 51.0 Å². The number of benzene rings is 2. The van der Waals surface area contributed by atoms with Crippen LogP contribution in [0.3, 0.4) is 0 Å². The van der Waals surface area contributed by atoms with E-state index in [4.69, 9.17) is 4.74 Å². The number of rotatable bonds is 6. The summed E-state index contributed by atoms with van der Waals surface area (Å²) in [5.74, 6) is 1.08. The predicted molar refractivity (Wildman–Crippen MR) is 136 cm³/mol. The van der Waals surface area contributed by atoms with Gasteiger partial charge in [0, 0.05) is 42.9 Å². The number of imidazole rings is 1. The highest BCUT2D eigenvalue weighted by molar-refractivity contribution is 5.81. The molecule has 0 radical (unpaired) electrons. The molecule has 1 aliphatic rings. The van der Waals surface area contributed by atoms with E-state index >= 15 is 0 Å². The lowest BCUT2D eigenvalue weighted by atomic mass is 10.0. The average molecular weight is 538 g/mol. The molecule has 1 amide bonds. The molecule has 0 bridgehead atoms. The summed E-state index contributed by atoms with van der Waals surface area (Å²) in [5, 5.41) is 15.1. The number of fused-ring (bicyclic) bond motifs is 1. The van der Waals surface area contributed by atoms with Gasteiger partial charge < -0.3 is 29.0 Å². The van der Waals surface area contributed by atoms with Gasteiger partial charge in [-0.25, -0.2) is 9.67 Å². The van der Waals surface area contributed by atoms with E-state index in [0.29, 0.717) is 28.7 Å². The number of aromatic nitrogens is 4. The Balaban J connectivity index is 1.48. The molecule has 0 aliphatic carbocycles. The molecular formula is C27H24F3N6O3-. The lowest BCUT2D eigenvalue weighted by molar-refractivity contribution is -0.264. The quantitative estimate of drug-likeness (QED) is 0.371. The monoisotopic (exact) mass is 537 g/mol. The molecule has 0 fully saturated rings. The predicted octanol–water partition coefficient (Wildman–Crippen LogP) is 3.89. The van der Waals surface area contributed by atoms with Gasteiger partial charge in [-0.1, -0.05) is 6.58 Å². The van der Waals surface area contributed by atoms with Crippen LogP contribution in [0.5, 0.6) is 5.75 Å². The maximum absolute atomic E-state index is 13.9. The zero-order valence-electron chi connectivity index (χ0n) is 21.1. The maximum atomic E-state index is 13.9. The first-order chi connectivity index (χ1) is 18.6.